The van der Waals surface area contributed by atoms with Gasteiger partial charge in [0.25, 0.3) is 0 Å². The second kappa shape index (κ2) is 9.29. The highest BCUT2D eigenvalue weighted by molar-refractivity contribution is 5.77. The van der Waals surface area contributed by atoms with Gasteiger partial charge in [0, 0.05) is 0 Å². The predicted octanol–water partition coefficient (Wildman–Crippen LogP) is 4.50. The Bertz CT molecular complexity index is 367. The fourth-order valence-corrected chi connectivity index (χ4v) is 4.10. The van der Waals surface area contributed by atoms with Gasteiger partial charge in [0.1, 0.15) is 6.10 Å². The summed E-state index contributed by atoms with van der Waals surface area (Å²) >= 11 is 0. The van der Waals surface area contributed by atoms with Crippen LogP contribution in [-0.2, 0) is 19.1 Å². The molecule has 0 N–H and O–H groups in total. The summed E-state index contributed by atoms with van der Waals surface area (Å²) < 4.78 is 10.1. The molecule has 0 atom stereocenters. The van der Waals surface area contributed by atoms with E-state index in [9.17, 15) is 9.59 Å². The summed E-state index contributed by atoms with van der Waals surface area (Å²) in [5, 5.41) is 0. The summed E-state index contributed by atoms with van der Waals surface area (Å²) in [6.07, 6.45) is 6.93. The van der Waals surface area contributed by atoms with Crippen molar-refractivity contribution in [2.45, 2.75) is 85.2 Å². The van der Waals surface area contributed by atoms with Crippen molar-refractivity contribution in [1.82, 2.24) is 0 Å². The molecule has 1 fully saturated rings. The maximum atomic E-state index is 11.8. The first kappa shape index (κ1) is 20.0. The Morgan fingerprint density at radius 2 is 1.43 bits per heavy atom. The van der Waals surface area contributed by atoms with Crippen molar-refractivity contribution in [3.8, 4) is 0 Å². The third-order valence-corrected chi connectivity index (χ3v) is 4.73. The molecule has 0 heterocycles. The van der Waals surface area contributed by atoms with Gasteiger partial charge in [-0.1, -0.05) is 27.7 Å². The molecule has 4 nitrogen and oxygen atoms in total. The van der Waals surface area contributed by atoms with Gasteiger partial charge >= 0.3 is 11.9 Å². The van der Waals surface area contributed by atoms with Crippen LogP contribution in [0.2, 0.25) is 0 Å². The zero-order valence-corrected chi connectivity index (χ0v) is 15.5. The Labute approximate surface area is 141 Å². The molecule has 1 saturated carbocycles. The van der Waals surface area contributed by atoms with Crippen molar-refractivity contribution in [3.05, 3.63) is 0 Å². The first-order chi connectivity index (χ1) is 10.8. The van der Waals surface area contributed by atoms with Gasteiger partial charge in [-0.05, 0) is 55.8 Å². The summed E-state index contributed by atoms with van der Waals surface area (Å²) in [6, 6.07) is 0. The van der Waals surface area contributed by atoms with Crippen LogP contribution < -0.4 is 0 Å². The van der Waals surface area contributed by atoms with Crippen LogP contribution in [0.5, 0.6) is 0 Å². The molecule has 0 aromatic rings. The van der Waals surface area contributed by atoms with Gasteiger partial charge in [0.05, 0.1) is 20.0 Å². The molecule has 1 aliphatic carbocycles. The normalized spacial score (nSPS) is 18.2. The molecule has 0 aromatic heterocycles. The number of hydrogen-bond donors (Lipinski definition) is 0. The summed E-state index contributed by atoms with van der Waals surface area (Å²) in [5.74, 6) is 0.764. The van der Waals surface area contributed by atoms with E-state index in [-0.39, 0.29) is 30.9 Å². The summed E-state index contributed by atoms with van der Waals surface area (Å²) in [6.45, 7) is 9.17. The second-order valence-electron chi connectivity index (χ2n) is 7.96. The highest BCUT2D eigenvalue weighted by Gasteiger charge is 2.37. The summed E-state index contributed by atoms with van der Waals surface area (Å²) in [5.41, 5.74) is 0.414. The molecule has 0 aromatic carbocycles. The number of methoxy groups -OCH3 is 1. The minimum Gasteiger partial charge on any atom is -0.469 e. The van der Waals surface area contributed by atoms with Crippen molar-refractivity contribution >= 4 is 11.9 Å². The highest BCUT2D eigenvalue weighted by atomic mass is 16.5. The van der Waals surface area contributed by atoms with E-state index >= 15 is 0 Å². The molecule has 0 amide bonds. The van der Waals surface area contributed by atoms with Crippen molar-refractivity contribution in [1.29, 1.82) is 0 Å². The van der Waals surface area contributed by atoms with E-state index in [1.54, 1.807) is 0 Å². The molecular weight excluding hydrogens is 292 g/mol. The number of ether oxygens (including phenoxy) is 2. The average molecular weight is 326 g/mol. The molecule has 0 unspecified atom stereocenters. The largest absolute Gasteiger partial charge is 0.469 e. The standard InChI is InChI=1S/C19H34O4/c1-14(2)12-19(13-15(3)4)10-8-16(9-11-19)23-18(21)7-6-17(20)22-5/h14-16H,6-13H2,1-5H3. The number of rotatable bonds is 8. The van der Waals surface area contributed by atoms with Crippen molar-refractivity contribution in [3.63, 3.8) is 0 Å². The van der Waals surface area contributed by atoms with E-state index in [0.717, 1.165) is 25.7 Å². The Balaban J connectivity index is 2.45. The number of hydrogen-bond acceptors (Lipinski definition) is 4. The first-order valence-corrected chi connectivity index (χ1v) is 9.02. The van der Waals surface area contributed by atoms with Gasteiger partial charge in [0.15, 0.2) is 0 Å². The maximum absolute atomic E-state index is 11.8. The van der Waals surface area contributed by atoms with E-state index in [1.807, 2.05) is 0 Å². The number of carbonyl (C=O) groups is 2. The van der Waals surface area contributed by atoms with Gasteiger partial charge in [0.2, 0.25) is 0 Å². The zero-order valence-electron chi connectivity index (χ0n) is 15.5. The molecule has 0 bridgehead atoms. The van der Waals surface area contributed by atoms with Crippen molar-refractivity contribution in [2.75, 3.05) is 7.11 Å². The van der Waals surface area contributed by atoms with Gasteiger partial charge in [-0.2, -0.15) is 0 Å². The molecule has 4 heteroatoms. The van der Waals surface area contributed by atoms with E-state index in [4.69, 9.17) is 4.74 Å². The lowest BCUT2D eigenvalue weighted by atomic mass is 9.65. The predicted molar refractivity (Wildman–Crippen MR) is 90.9 cm³/mol. The van der Waals surface area contributed by atoms with Crippen LogP contribution in [0.1, 0.15) is 79.1 Å². The second-order valence-corrected chi connectivity index (χ2v) is 7.96. The van der Waals surface area contributed by atoms with Crippen LogP contribution in [0.4, 0.5) is 0 Å². The Kier molecular flexibility index (Phi) is 8.07. The molecule has 1 rings (SSSR count). The van der Waals surface area contributed by atoms with Crippen molar-refractivity contribution in [2.24, 2.45) is 17.3 Å². The van der Waals surface area contributed by atoms with Gasteiger partial charge in [-0.15, -0.1) is 0 Å². The minimum absolute atomic E-state index is 0.0209. The van der Waals surface area contributed by atoms with Gasteiger partial charge < -0.3 is 9.47 Å². The van der Waals surface area contributed by atoms with Crippen LogP contribution in [0.3, 0.4) is 0 Å². The fourth-order valence-electron chi connectivity index (χ4n) is 4.10. The van der Waals surface area contributed by atoms with Crippen LogP contribution in [0.25, 0.3) is 0 Å². The van der Waals surface area contributed by atoms with Crippen LogP contribution in [0, 0.1) is 17.3 Å². The quantitative estimate of drug-likeness (QED) is 0.616. The summed E-state index contributed by atoms with van der Waals surface area (Å²) in [7, 11) is 1.33. The zero-order chi connectivity index (χ0) is 17.5. The van der Waals surface area contributed by atoms with E-state index in [1.165, 1.54) is 20.0 Å². The van der Waals surface area contributed by atoms with Gasteiger partial charge in [-0.3, -0.25) is 9.59 Å². The average Bonchev–Trinajstić information content (AvgIpc) is 2.46. The third kappa shape index (κ3) is 7.36. The monoisotopic (exact) mass is 326 g/mol. The fraction of sp³-hybridized carbons (Fsp3) is 0.895. The lowest BCUT2D eigenvalue weighted by Gasteiger charge is -2.42. The van der Waals surface area contributed by atoms with Crippen molar-refractivity contribution < 1.29 is 19.1 Å². The summed E-state index contributed by atoms with van der Waals surface area (Å²) in [4.78, 5) is 22.9. The lowest BCUT2D eigenvalue weighted by Crippen LogP contribution is -2.34. The molecule has 23 heavy (non-hydrogen) atoms. The highest BCUT2D eigenvalue weighted by Crippen LogP contribution is 2.46. The van der Waals surface area contributed by atoms with Crippen LogP contribution in [-0.4, -0.2) is 25.2 Å². The van der Waals surface area contributed by atoms with Crippen LogP contribution >= 0.6 is 0 Å². The number of carbonyl (C=O) groups excluding carboxylic acids is 2. The van der Waals surface area contributed by atoms with E-state index < -0.39 is 0 Å². The number of esters is 2. The smallest absolute Gasteiger partial charge is 0.306 e. The maximum Gasteiger partial charge on any atom is 0.306 e. The van der Waals surface area contributed by atoms with E-state index in [2.05, 4.69) is 32.4 Å². The molecular formula is C19H34O4. The van der Waals surface area contributed by atoms with Gasteiger partial charge in [-0.25, -0.2) is 0 Å². The molecule has 1 aliphatic rings. The SMILES string of the molecule is COC(=O)CCC(=O)OC1CCC(CC(C)C)(CC(C)C)CC1. The Morgan fingerprint density at radius 3 is 1.87 bits per heavy atom. The molecule has 0 aliphatic heterocycles. The van der Waals surface area contributed by atoms with E-state index in [0.29, 0.717) is 17.3 Å². The lowest BCUT2D eigenvalue weighted by molar-refractivity contribution is -0.155. The molecule has 0 spiro atoms. The molecule has 134 valence electrons. The Morgan fingerprint density at radius 1 is 0.957 bits per heavy atom. The molecule has 0 saturated heterocycles. The van der Waals surface area contributed by atoms with Crippen LogP contribution in [0.15, 0.2) is 0 Å². The molecule has 0 radical (unpaired) electrons. The first-order valence-electron chi connectivity index (χ1n) is 9.02. The topological polar surface area (TPSA) is 52.6 Å². The Hall–Kier alpha value is -1.06. The third-order valence-electron chi connectivity index (χ3n) is 4.73. The minimum atomic E-state index is -0.363.